The molecule has 1 aliphatic heterocycles. The molecular formula is C30H30F3N5O4S2. The van der Waals surface area contributed by atoms with Crippen molar-refractivity contribution < 1.29 is 31.1 Å². The van der Waals surface area contributed by atoms with Gasteiger partial charge in [0.1, 0.15) is 23.1 Å². The van der Waals surface area contributed by atoms with Gasteiger partial charge in [0.25, 0.3) is 10.0 Å². The Kier molecular flexibility index (Phi) is 8.67. The Balaban J connectivity index is 1.50. The number of ether oxygens (including phenoxy) is 1. The van der Waals surface area contributed by atoms with Crippen LogP contribution in [0, 0.1) is 24.4 Å². The number of aromatic nitrogens is 3. The highest BCUT2D eigenvalue weighted by Crippen LogP contribution is 2.43. The SMILES string of the molecule is Cc1nccc(-c2sc(C3CCN(C(=O)OC(C)(C)C)CC3)nc2-c2cccc(NS(=O)(=O)c3c(F)cccc3F)c2F)n1. The Morgan fingerprint density at radius 2 is 1.68 bits per heavy atom. The predicted octanol–water partition coefficient (Wildman–Crippen LogP) is 6.91. The summed E-state index contributed by atoms with van der Waals surface area (Å²) in [6.07, 6.45) is 2.39. The highest BCUT2D eigenvalue weighted by molar-refractivity contribution is 7.92. The van der Waals surface area contributed by atoms with Crippen LogP contribution in [0.4, 0.5) is 23.7 Å². The molecule has 44 heavy (non-hydrogen) atoms. The third-order valence-electron chi connectivity index (χ3n) is 6.83. The third kappa shape index (κ3) is 6.70. The van der Waals surface area contributed by atoms with Crippen molar-refractivity contribution >= 4 is 33.1 Å². The number of thiazole rings is 1. The summed E-state index contributed by atoms with van der Waals surface area (Å²) in [6, 6.07) is 8.32. The van der Waals surface area contributed by atoms with Crippen molar-refractivity contribution in [1.29, 1.82) is 0 Å². The second-order valence-electron chi connectivity index (χ2n) is 11.3. The molecule has 232 valence electrons. The lowest BCUT2D eigenvalue weighted by Crippen LogP contribution is -2.41. The van der Waals surface area contributed by atoms with Crippen molar-refractivity contribution in [3.05, 3.63) is 76.9 Å². The molecule has 0 unspecified atom stereocenters. The van der Waals surface area contributed by atoms with Crippen molar-refractivity contribution in [2.75, 3.05) is 17.8 Å². The number of halogens is 3. The molecule has 0 atom stereocenters. The van der Waals surface area contributed by atoms with Crippen LogP contribution in [0.15, 0.2) is 53.6 Å². The first kappa shape index (κ1) is 31.4. The maximum absolute atomic E-state index is 16.1. The molecule has 4 aromatic rings. The van der Waals surface area contributed by atoms with Crippen LogP contribution < -0.4 is 4.72 Å². The van der Waals surface area contributed by atoms with Crippen LogP contribution in [0.5, 0.6) is 0 Å². The van der Waals surface area contributed by atoms with Gasteiger partial charge in [0.15, 0.2) is 10.7 Å². The van der Waals surface area contributed by atoms with Crippen molar-refractivity contribution in [2.45, 2.75) is 57.0 Å². The fourth-order valence-electron chi connectivity index (χ4n) is 4.81. The minimum atomic E-state index is -4.82. The van der Waals surface area contributed by atoms with Crippen molar-refractivity contribution in [1.82, 2.24) is 19.9 Å². The number of aryl methyl sites for hydroxylation is 1. The summed E-state index contributed by atoms with van der Waals surface area (Å²) < 4.78 is 77.9. The maximum atomic E-state index is 16.1. The van der Waals surface area contributed by atoms with E-state index in [0.29, 0.717) is 47.3 Å². The summed E-state index contributed by atoms with van der Waals surface area (Å²) in [4.78, 5) is 27.0. The van der Waals surface area contributed by atoms with Gasteiger partial charge in [0, 0.05) is 30.8 Å². The molecule has 0 saturated carbocycles. The van der Waals surface area contributed by atoms with Crippen LogP contribution in [-0.2, 0) is 14.8 Å². The first-order valence-electron chi connectivity index (χ1n) is 13.8. The highest BCUT2D eigenvalue weighted by Gasteiger charge is 2.31. The Morgan fingerprint density at radius 1 is 1.02 bits per heavy atom. The standard InChI is InChI=1S/C30H30F3N5O4S2/c1-17-34-14-11-23(35-17)26-25(36-28(43-26)18-12-15-38(16-13-18)29(39)42-30(2,3)4)19-7-5-10-22(24(19)33)37-44(40,41)27-20(31)8-6-9-21(27)32/h5-11,14,18,37H,12-13,15-16H2,1-4H3. The zero-order chi connectivity index (χ0) is 31.8. The predicted molar refractivity (Wildman–Crippen MR) is 160 cm³/mol. The van der Waals surface area contributed by atoms with Crippen LogP contribution in [0.2, 0.25) is 0 Å². The van der Waals surface area contributed by atoms with Gasteiger partial charge < -0.3 is 9.64 Å². The highest BCUT2D eigenvalue weighted by atomic mass is 32.2. The van der Waals surface area contributed by atoms with E-state index in [2.05, 4.69) is 9.97 Å². The first-order chi connectivity index (χ1) is 20.7. The number of piperidine rings is 1. The topological polar surface area (TPSA) is 114 Å². The van der Waals surface area contributed by atoms with E-state index in [-0.39, 0.29) is 23.3 Å². The van der Waals surface area contributed by atoms with Crippen LogP contribution in [0.25, 0.3) is 21.8 Å². The minimum absolute atomic E-state index is 0.0286. The number of rotatable bonds is 6. The van der Waals surface area contributed by atoms with E-state index in [0.717, 1.165) is 24.3 Å². The van der Waals surface area contributed by atoms with Crippen LogP contribution >= 0.6 is 11.3 Å². The first-order valence-corrected chi connectivity index (χ1v) is 16.1. The van der Waals surface area contributed by atoms with Gasteiger partial charge in [0.05, 0.1) is 27.0 Å². The lowest BCUT2D eigenvalue weighted by Gasteiger charge is -2.32. The zero-order valence-electron chi connectivity index (χ0n) is 24.4. The summed E-state index contributed by atoms with van der Waals surface area (Å²) in [7, 11) is -4.82. The van der Waals surface area contributed by atoms with E-state index in [1.165, 1.54) is 23.5 Å². The van der Waals surface area contributed by atoms with E-state index in [1.54, 1.807) is 24.1 Å². The molecule has 14 heteroatoms. The number of anilines is 1. The number of carbonyl (C=O) groups excluding carboxylic acids is 1. The van der Waals surface area contributed by atoms with Gasteiger partial charge in [-0.15, -0.1) is 11.3 Å². The van der Waals surface area contributed by atoms with Crippen LogP contribution in [0.1, 0.15) is 50.4 Å². The van der Waals surface area contributed by atoms with Crippen molar-refractivity contribution in [3.8, 4) is 21.8 Å². The van der Waals surface area contributed by atoms with Gasteiger partial charge in [-0.25, -0.2) is 41.3 Å². The molecule has 1 aliphatic rings. The van der Waals surface area contributed by atoms with Gasteiger partial charge >= 0.3 is 6.09 Å². The van der Waals surface area contributed by atoms with E-state index < -0.39 is 43.7 Å². The number of amides is 1. The number of nitrogens with zero attached hydrogens (tertiary/aromatic N) is 4. The number of hydrogen-bond acceptors (Lipinski definition) is 8. The molecule has 5 rings (SSSR count). The van der Waals surface area contributed by atoms with E-state index in [9.17, 15) is 22.0 Å². The monoisotopic (exact) mass is 645 g/mol. The molecule has 2 aromatic heterocycles. The molecule has 0 aliphatic carbocycles. The number of hydrogen-bond donors (Lipinski definition) is 1. The van der Waals surface area contributed by atoms with Gasteiger partial charge in [-0.2, -0.15) is 0 Å². The summed E-state index contributed by atoms with van der Waals surface area (Å²) in [6.45, 7) is 8.05. The molecular weight excluding hydrogens is 615 g/mol. The molecule has 0 spiro atoms. The Hall–Kier alpha value is -4.04. The molecule has 1 fully saturated rings. The fraction of sp³-hybridized carbons (Fsp3) is 0.333. The number of likely N-dealkylation sites (tertiary alicyclic amines) is 1. The van der Waals surface area contributed by atoms with Gasteiger partial charge in [-0.1, -0.05) is 12.1 Å². The van der Waals surface area contributed by atoms with Gasteiger partial charge in [-0.3, -0.25) is 4.72 Å². The third-order valence-corrected chi connectivity index (χ3v) is 9.49. The zero-order valence-corrected chi connectivity index (χ0v) is 26.0. The maximum Gasteiger partial charge on any atom is 0.410 e. The number of carbonyl (C=O) groups is 1. The second-order valence-corrected chi connectivity index (χ2v) is 13.9. The van der Waals surface area contributed by atoms with Crippen LogP contribution in [-0.4, -0.2) is 53.1 Å². The van der Waals surface area contributed by atoms with Crippen molar-refractivity contribution in [2.24, 2.45) is 0 Å². The van der Waals surface area contributed by atoms with Gasteiger partial charge in [-0.05, 0) is 70.9 Å². The molecule has 0 bridgehead atoms. The molecule has 9 nitrogen and oxygen atoms in total. The van der Waals surface area contributed by atoms with E-state index >= 15 is 4.39 Å². The largest absolute Gasteiger partial charge is 0.444 e. The van der Waals surface area contributed by atoms with Crippen molar-refractivity contribution in [3.63, 3.8) is 0 Å². The molecule has 1 saturated heterocycles. The van der Waals surface area contributed by atoms with E-state index in [1.807, 2.05) is 25.5 Å². The number of nitrogens with one attached hydrogen (secondary N) is 1. The number of sulfonamides is 1. The summed E-state index contributed by atoms with van der Waals surface area (Å²) in [5.74, 6) is -3.14. The lowest BCUT2D eigenvalue weighted by atomic mass is 9.97. The number of benzene rings is 2. The molecule has 2 aromatic carbocycles. The average molecular weight is 646 g/mol. The molecule has 0 radical (unpaired) electrons. The molecule has 1 N–H and O–H groups in total. The van der Waals surface area contributed by atoms with E-state index in [4.69, 9.17) is 9.72 Å². The van der Waals surface area contributed by atoms with Gasteiger partial charge in [0.2, 0.25) is 0 Å². The minimum Gasteiger partial charge on any atom is -0.444 e. The Labute approximate surface area is 257 Å². The smallest absolute Gasteiger partial charge is 0.410 e. The molecule has 1 amide bonds. The Morgan fingerprint density at radius 3 is 2.32 bits per heavy atom. The molecule has 3 heterocycles. The summed E-state index contributed by atoms with van der Waals surface area (Å²) in [5.41, 5.74) is -0.414. The van der Waals surface area contributed by atoms with Crippen LogP contribution in [0.3, 0.4) is 0 Å². The summed E-state index contributed by atoms with van der Waals surface area (Å²) >= 11 is 1.33. The second kappa shape index (κ2) is 12.2. The Bertz CT molecular complexity index is 1800. The quantitative estimate of drug-likeness (QED) is 0.242. The normalized spacial score (nSPS) is 14.5. The lowest BCUT2D eigenvalue weighted by molar-refractivity contribution is 0.0204. The fourth-order valence-corrected chi connectivity index (χ4v) is 7.23. The summed E-state index contributed by atoms with van der Waals surface area (Å²) in [5, 5.41) is 0.703. The average Bonchev–Trinajstić information content (AvgIpc) is 3.38.